The Morgan fingerprint density at radius 3 is 2.47 bits per heavy atom. The summed E-state index contributed by atoms with van der Waals surface area (Å²) in [5.41, 5.74) is 5.75. The van der Waals surface area contributed by atoms with Crippen LogP contribution in [0.3, 0.4) is 0 Å². The van der Waals surface area contributed by atoms with Crippen LogP contribution in [-0.2, 0) is 11.2 Å². The molecule has 0 saturated heterocycles. The minimum Gasteiger partial charge on any atom is -0.481 e. The molecule has 0 bridgehead atoms. The van der Waals surface area contributed by atoms with Gasteiger partial charge in [0.2, 0.25) is 0 Å². The van der Waals surface area contributed by atoms with Crippen molar-refractivity contribution < 1.29 is 9.90 Å². The SMILES string of the molecule is Cc1cc(C)c(-c2cnc(CCC(=O)O)[nH]2)c(C)c1. The third-order valence-electron chi connectivity index (χ3n) is 3.15. The van der Waals surface area contributed by atoms with Gasteiger partial charge in [-0.3, -0.25) is 4.79 Å². The van der Waals surface area contributed by atoms with Crippen molar-refractivity contribution in [2.24, 2.45) is 0 Å². The lowest BCUT2D eigenvalue weighted by atomic mass is 9.98. The first kappa shape index (κ1) is 13.3. The Labute approximate surface area is 112 Å². The molecule has 0 atom stereocenters. The van der Waals surface area contributed by atoms with Crippen molar-refractivity contribution in [1.29, 1.82) is 0 Å². The van der Waals surface area contributed by atoms with Gasteiger partial charge >= 0.3 is 5.97 Å². The van der Waals surface area contributed by atoms with Gasteiger partial charge in [0, 0.05) is 12.0 Å². The van der Waals surface area contributed by atoms with Crippen LogP contribution in [0.5, 0.6) is 0 Å². The number of aliphatic carboxylic acids is 1. The quantitative estimate of drug-likeness (QED) is 0.885. The summed E-state index contributed by atoms with van der Waals surface area (Å²) in [6, 6.07) is 4.28. The van der Waals surface area contributed by atoms with Gasteiger partial charge in [-0.25, -0.2) is 4.98 Å². The Bertz CT molecular complexity index is 591. The van der Waals surface area contributed by atoms with Crippen molar-refractivity contribution in [2.75, 3.05) is 0 Å². The van der Waals surface area contributed by atoms with Gasteiger partial charge in [-0.05, 0) is 31.9 Å². The number of nitrogens with one attached hydrogen (secondary N) is 1. The van der Waals surface area contributed by atoms with E-state index < -0.39 is 5.97 Å². The molecule has 0 unspecified atom stereocenters. The molecule has 1 aromatic heterocycles. The van der Waals surface area contributed by atoms with Crippen molar-refractivity contribution in [2.45, 2.75) is 33.6 Å². The van der Waals surface area contributed by atoms with Gasteiger partial charge in [0.15, 0.2) is 0 Å². The first-order valence-corrected chi connectivity index (χ1v) is 6.31. The van der Waals surface area contributed by atoms with Gasteiger partial charge in [-0.1, -0.05) is 17.7 Å². The normalized spacial score (nSPS) is 10.7. The standard InChI is InChI=1S/C15H18N2O2/c1-9-6-10(2)15(11(3)7-9)12-8-16-13(17-12)4-5-14(18)19/h6-8H,4-5H2,1-3H3,(H,16,17)(H,18,19). The second-order valence-electron chi connectivity index (χ2n) is 4.91. The van der Waals surface area contributed by atoms with Crippen molar-refractivity contribution in [3.63, 3.8) is 0 Å². The molecule has 100 valence electrons. The summed E-state index contributed by atoms with van der Waals surface area (Å²) in [4.78, 5) is 18.0. The Morgan fingerprint density at radius 2 is 1.89 bits per heavy atom. The van der Waals surface area contributed by atoms with Gasteiger partial charge in [0.05, 0.1) is 18.3 Å². The van der Waals surface area contributed by atoms with Gasteiger partial charge in [-0.15, -0.1) is 0 Å². The molecule has 19 heavy (non-hydrogen) atoms. The lowest BCUT2D eigenvalue weighted by molar-refractivity contribution is -0.137. The molecule has 0 fully saturated rings. The summed E-state index contributed by atoms with van der Waals surface area (Å²) in [6.07, 6.45) is 2.31. The van der Waals surface area contributed by atoms with E-state index >= 15 is 0 Å². The Hall–Kier alpha value is -2.10. The van der Waals surface area contributed by atoms with Crippen LogP contribution < -0.4 is 0 Å². The number of carboxylic acid groups (broad SMARTS) is 1. The molecule has 1 heterocycles. The maximum atomic E-state index is 10.6. The van der Waals surface area contributed by atoms with E-state index in [1.165, 1.54) is 16.7 Å². The fourth-order valence-corrected chi connectivity index (χ4v) is 2.45. The molecular weight excluding hydrogens is 240 g/mol. The summed E-state index contributed by atoms with van der Waals surface area (Å²) in [6.45, 7) is 6.23. The fraction of sp³-hybridized carbons (Fsp3) is 0.333. The Balaban J connectivity index is 2.30. The lowest BCUT2D eigenvalue weighted by Gasteiger charge is -2.09. The molecular formula is C15H18N2O2. The molecule has 1 aromatic carbocycles. The van der Waals surface area contributed by atoms with E-state index in [2.05, 4.69) is 42.9 Å². The van der Waals surface area contributed by atoms with Crippen LogP contribution in [0.1, 0.15) is 28.9 Å². The topological polar surface area (TPSA) is 66.0 Å². The zero-order chi connectivity index (χ0) is 14.0. The van der Waals surface area contributed by atoms with Gasteiger partial charge in [-0.2, -0.15) is 0 Å². The number of nitrogens with zero attached hydrogens (tertiary/aromatic N) is 1. The minimum absolute atomic E-state index is 0.0960. The summed E-state index contributed by atoms with van der Waals surface area (Å²) < 4.78 is 0. The summed E-state index contributed by atoms with van der Waals surface area (Å²) >= 11 is 0. The summed E-state index contributed by atoms with van der Waals surface area (Å²) in [5.74, 6) is -0.0857. The second-order valence-corrected chi connectivity index (χ2v) is 4.91. The van der Waals surface area contributed by atoms with Crippen LogP contribution in [0.4, 0.5) is 0 Å². The first-order chi connectivity index (χ1) is 8.97. The number of benzene rings is 1. The molecule has 0 spiro atoms. The van der Waals surface area contributed by atoms with Gasteiger partial charge in [0.1, 0.15) is 5.82 Å². The molecule has 4 nitrogen and oxygen atoms in total. The zero-order valence-corrected chi connectivity index (χ0v) is 11.4. The number of carbonyl (C=O) groups is 1. The van der Waals surface area contributed by atoms with Gasteiger partial charge in [0.25, 0.3) is 0 Å². The molecule has 0 amide bonds. The number of hydrogen-bond donors (Lipinski definition) is 2. The lowest BCUT2D eigenvalue weighted by Crippen LogP contribution is -1.98. The number of carboxylic acids is 1. The highest BCUT2D eigenvalue weighted by Gasteiger charge is 2.10. The van der Waals surface area contributed by atoms with E-state index in [1.54, 1.807) is 6.20 Å². The van der Waals surface area contributed by atoms with E-state index in [0.717, 1.165) is 17.1 Å². The monoisotopic (exact) mass is 258 g/mol. The number of aromatic amines is 1. The third-order valence-corrected chi connectivity index (χ3v) is 3.15. The molecule has 2 rings (SSSR count). The highest BCUT2D eigenvalue weighted by atomic mass is 16.4. The molecule has 0 radical (unpaired) electrons. The number of rotatable bonds is 4. The minimum atomic E-state index is -0.805. The predicted molar refractivity (Wildman–Crippen MR) is 74.2 cm³/mol. The Kier molecular flexibility index (Phi) is 3.69. The third kappa shape index (κ3) is 3.02. The molecule has 0 saturated carbocycles. The van der Waals surface area contributed by atoms with Crippen LogP contribution in [0.25, 0.3) is 11.3 Å². The second kappa shape index (κ2) is 5.26. The molecule has 0 aliphatic carbocycles. The average Bonchev–Trinajstić information content (AvgIpc) is 2.73. The van der Waals surface area contributed by atoms with Crippen LogP contribution in [0.15, 0.2) is 18.3 Å². The van der Waals surface area contributed by atoms with Crippen LogP contribution in [0, 0.1) is 20.8 Å². The fourth-order valence-electron chi connectivity index (χ4n) is 2.45. The number of aryl methyl sites for hydroxylation is 4. The van der Waals surface area contributed by atoms with Gasteiger partial charge < -0.3 is 10.1 Å². The van der Waals surface area contributed by atoms with E-state index in [9.17, 15) is 4.79 Å². The van der Waals surface area contributed by atoms with Crippen LogP contribution in [-0.4, -0.2) is 21.0 Å². The highest BCUT2D eigenvalue weighted by molar-refractivity contribution is 5.68. The maximum Gasteiger partial charge on any atom is 0.303 e. The predicted octanol–water partition coefficient (Wildman–Crippen LogP) is 3.02. The zero-order valence-electron chi connectivity index (χ0n) is 11.4. The first-order valence-electron chi connectivity index (χ1n) is 6.31. The van der Waals surface area contributed by atoms with Crippen molar-refractivity contribution >= 4 is 5.97 Å². The number of imidazole rings is 1. The summed E-state index contributed by atoms with van der Waals surface area (Å²) in [5, 5.41) is 8.68. The highest BCUT2D eigenvalue weighted by Crippen LogP contribution is 2.27. The largest absolute Gasteiger partial charge is 0.481 e. The van der Waals surface area contributed by atoms with E-state index in [1.807, 2.05) is 0 Å². The molecule has 0 aliphatic rings. The van der Waals surface area contributed by atoms with Crippen molar-refractivity contribution in [3.05, 3.63) is 40.8 Å². The molecule has 4 heteroatoms. The maximum absolute atomic E-state index is 10.6. The van der Waals surface area contributed by atoms with Crippen molar-refractivity contribution in [3.8, 4) is 11.3 Å². The average molecular weight is 258 g/mol. The number of H-pyrrole nitrogens is 1. The van der Waals surface area contributed by atoms with E-state index in [4.69, 9.17) is 5.11 Å². The molecule has 2 aromatic rings. The number of hydrogen-bond acceptors (Lipinski definition) is 2. The van der Waals surface area contributed by atoms with Crippen LogP contribution in [0.2, 0.25) is 0 Å². The molecule has 2 N–H and O–H groups in total. The smallest absolute Gasteiger partial charge is 0.303 e. The molecule has 0 aliphatic heterocycles. The van der Waals surface area contributed by atoms with Crippen molar-refractivity contribution in [1.82, 2.24) is 9.97 Å². The Morgan fingerprint density at radius 1 is 1.26 bits per heavy atom. The number of aromatic nitrogens is 2. The van der Waals surface area contributed by atoms with Crippen LogP contribution >= 0.6 is 0 Å². The van der Waals surface area contributed by atoms with E-state index in [0.29, 0.717) is 6.42 Å². The van der Waals surface area contributed by atoms with E-state index in [-0.39, 0.29) is 6.42 Å². The summed E-state index contributed by atoms with van der Waals surface area (Å²) in [7, 11) is 0.